The third kappa shape index (κ3) is 3.16. The van der Waals surface area contributed by atoms with Crippen molar-refractivity contribution in [3.05, 3.63) is 17.5 Å². The number of rotatable bonds is 3. The van der Waals surface area contributed by atoms with E-state index in [1.807, 2.05) is 0 Å². The van der Waals surface area contributed by atoms with Crippen molar-refractivity contribution in [2.45, 2.75) is 19.4 Å². The van der Waals surface area contributed by atoms with Crippen LogP contribution in [0.25, 0.3) is 0 Å². The molecule has 0 atom stereocenters. The lowest BCUT2D eigenvalue weighted by molar-refractivity contribution is -0.275. The van der Waals surface area contributed by atoms with Crippen molar-refractivity contribution >= 4 is 5.69 Å². The lowest BCUT2D eigenvalue weighted by atomic mass is 10.2. The van der Waals surface area contributed by atoms with Crippen molar-refractivity contribution in [3.8, 4) is 5.75 Å². The monoisotopic (exact) mass is 258 g/mol. The second-order valence-corrected chi connectivity index (χ2v) is 2.92. The number of nitrogen functional groups attached to an aromatic ring is 1. The molecule has 3 N–H and O–H groups in total. The Kier molecular flexibility index (Phi) is 3.71. The Balaban J connectivity index is 3.30. The van der Waals surface area contributed by atoms with E-state index in [-0.39, 0.29) is 5.56 Å². The highest BCUT2D eigenvalue weighted by molar-refractivity contribution is 5.60. The summed E-state index contributed by atoms with van der Waals surface area (Å²) in [4.78, 5) is 3.08. The van der Waals surface area contributed by atoms with Crippen LogP contribution in [0.4, 0.5) is 27.6 Å². The SMILES string of the molecule is Nc1c(CO)cnc(C(F)F)c1OC(F)(F)F. The molecule has 1 aromatic rings. The van der Waals surface area contributed by atoms with Gasteiger partial charge in [0.2, 0.25) is 0 Å². The molecule has 0 unspecified atom stereocenters. The number of hydrogen-bond donors (Lipinski definition) is 2. The number of nitrogens with zero attached hydrogens (tertiary/aromatic N) is 1. The van der Waals surface area contributed by atoms with Gasteiger partial charge in [0.15, 0.2) is 11.4 Å². The van der Waals surface area contributed by atoms with E-state index in [2.05, 4.69) is 9.72 Å². The summed E-state index contributed by atoms with van der Waals surface area (Å²) in [5.41, 5.74) is 3.02. The molecule has 4 nitrogen and oxygen atoms in total. The van der Waals surface area contributed by atoms with Crippen molar-refractivity contribution in [2.24, 2.45) is 0 Å². The first kappa shape index (κ1) is 13.4. The van der Waals surface area contributed by atoms with E-state index in [9.17, 15) is 22.0 Å². The second kappa shape index (κ2) is 4.70. The van der Waals surface area contributed by atoms with Gasteiger partial charge in [-0.25, -0.2) is 8.78 Å². The highest BCUT2D eigenvalue weighted by Crippen LogP contribution is 2.37. The summed E-state index contributed by atoms with van der Waals surface area (Å²) >= 11 is 0. The Labute approximate surface area is 91.8 Å². The minimum atomic E-state index is -5.17. The molecule has 9 heteroatoms. The maximum atomic E-state index is 12.4. The van der Waals surface area contributed by atoms with Crippen LogP contribution in [0.5, 0.6) is 5.75 Å². The zero-order valence-corrected chi connectivity index (χ0v) is 8.13. The minimum absolute atomic E-state index is 0.228. The number of aromatic nitrogens is 1. The fraction of sp³-hybridized carbons (Fsp3) is 0.375. The van der Waals surface area contributed by atoms with Crippen LogP contribution in [0, 0.1) is 0 Å². The predicted octanol–water partition coefficient (Wildman–Crippen LogP) is 1.99. The number of nitrogens with two attached hydrogens (primary N) is 1. The van der Waals surface area contributed by atoms with Gasteiger partial charge in [0.05, 0.1) is 12.3 Å². The number of alkyl halides is 5. The molecule has 0 aliphatic rings. The quantitative estimate of drug-likeness (QED) is 0.813. The van der Waals surface area contributed by atoms with Gasteiger partial charge in [-0.05, 0) is 0 Å². The molecular weight excluding hydrogens is 251 g/mol. The molecule has 0 fully saturated rings. The lowest BCUT2D eigenvalue weighted by Crippen LogP contribution is -2.20. The summed E-state index contributed by atoms with van der Waals surface area (Å²) in [5, 5.41) is 8.73. The summed E-state index contributed by atoms with van der Waals surface area (Å²) in [5.74, 6) is -1.28. The molecule has 0 aromatic carbocycles. The Morgan fingerprint density at radius 3 is 2.41 bits per heavy atom. The van der Waals surface area contributed by atoms with Crippen LogP contribution in [-0.4, -0.2) is 16.5 Å². The predicted molar refractivity (Wildman–Crippen MR) is 46.2 cm³/mol. The van der Waals surface area contributed by atoms with Gasteiger partial charge in [-0.1, -0.05) is 0 Å². The average molecular weight is 258 g/mol. The van der Waals surface area contributed by atoms with E-state index in [1.54, 1.807) is 0 Å². The van der Waals surface area contributed by atoms with Crippen LogP contribution in [0.3, 0.4) is 0 Å². The first-order chi connectivity index (χ1) is 7.76. The highest BCUT2D eigenvalue weighted by Gasteiger charge is 2.35. The van der Waals surface area contributed by atoms with Crippen molar-refractivity contribution in [1.82, 2.24) is 4.98 Å². The molecular formula is C8H7F5N2O2. The van der Waals surface area contributed by atoms with Gasteiger partial charge in [0.25, 0.3) is 6.43 Å². The van der Waals surface area contributed by atoms with Crippen LogP contribution in [0.15, 0.2) is 6.20 Å². The topological polar surface area (TPSA) is 68.4 Å². The molecule has 0 saturated heterocycles. The molecule has 0 saturated carbocycles. The number of halogens is 5. The van der Waals surface area contributed by atoms with Crippen molar-refractivity contribution < 1.29 is 31.8 Å². The lowest BCUT2D eigenvalue weighted by Gasteiger charge is -2.15. The molecule has 1 heterocycles. The Morgan fingerprint density at radius 1 is 1.41 bits per heavy atom. The van der Waals surface area contributed by atoms with E-state index in [0.717, 1.165) is 6.20 Å². The van der Waals surface area contributed by atoms with Gasteiger partial charge in [-0.2, -0.15) is 0 Å². The van der Waals surface area contributed by atoms with Gasteiger partial charge < -0.3 is 15.6 Å². The maximum Gasteiger partial charge on any atom is 0.573 e. The third-order valence-electron chi connectivity index (χ3n) is 1.78. The standard InChI is InChI=1S/C8H7F5N2O2/c9-7(10)5-6(17-8(11,12)13)4(14)3(2-16)1-15-5/h1,7,16H,2H2,(H2,14,15). The molecule has 17 heavy (non-hydrogen) atoms. The molecule has 1 rings (SSSR count). The van der Waals surface area contributed by atoms with Crippen LogP contribution >= 0.6 is 0 Å². The summed E-state index contributed by atoms with van der Waals surface area (Å²) in [6.45, 7) is -0.740. The van der Waals surface area contributed by atoms with Crippen LogP contribution in [-0.2, 0) is 6.61 Å². The van der Waals surface area contributed by atoms with E-state index in [4.69, 9.17) is 10.8 Å². The van der Waals surface area contributed by atoms with Gasteiger partial charge in [-0.15, -0.1) is 13.2 Å². The minimum Gasteiger partial charge on any atom is -0.401 e. The average Bonchev–Trinajstić information content (AvgIpc) is 2.18. The van der Waals surface area contributed by atoms with E-state index < -0.39 is 36.5 Å². The van der Waals surface area contributed by atoms with E-state index in [1.165, 1.54) is 0 Å². The molecule has 1 aromatic heterocycles. The molecule has 96 valence electrons. The maximum absolute atomic E-state index is 12.4. The van der Waals surface area contributed by atoms with E-state index in [0.29, 0.717) is 0 Å². The van der Waals surface area contributed by atoms with Gasteiger partial charge >= 0.3 is 6.36 Å². The van der Waals surface area contributed by atoms with Crippen LogP contribution < -0.4 is 10.5 Å². The first-order valence-electron chi connectivity index (χ1n) is 4.18. The number of anilines is 1. The Morgan fingerprint density at radius 2 is 2.00 bits per heavy atom. The van der Waals surface area contributed by atoms with Gasteiger partial charge in [0, 0.05) is 11.8 Å². The molecule has 0 radical (unpaired) electrons. The van der Waals surface area contributed by atoms with Crippen molar-refractivity contribution in [1.29, 1.82) is 0 Å². The number of ether oxygens (including phenoxy) is 1. The second-order valence-electron chi connectivity index (χ2n) is 2.92. The van der Waals surface area contributed by atoms with Gasteiger partial charge in [-0.3, -0.25) is 4.98 Å². The molecule has 0 bridgehead atoms. The smallest absolute Gasteiger partial charge is 0.401 e. The van der Waals surface area contributed by atoms with Gasteiger partial charge in [0.1, 0.15) is 0 Å². The summed E-state index contributed by atoms with van der Waals surface area (Å²) in [6, 6.07) is 0. The van der Waals surface area contributed by atoms with Crippen LogP contribution in [0.2, 0.25) is 0 Å². The summed E-state index contributed by atoms with van der Waals surface area (Å²) < 4.78 is 64.1. The Bertz CT molecular complexity index is 408. The number of aliphatic hydroxyl groups is 1. The third-order valence-corrected chi connectivity index (χ3v) is 1.78. The summed E-state index contributed by atoms with van der Waals surface area (Å²) in [7, 11) is 0. The van der Waals surface area contributed by atoms with Crippen molar-refractivity contribution in [3.63, 3.8) is 0 Å². The number of aliphatic hydroxyl groups excluding tert-OH is 1. The molecule has 0 aliphatic carbocycles. The largest absolute Gasteiger partial charge is 0.573 e. The molecule has 0 spiro atoms. The summed E-state index contributed by atoms with van der Waals surface area (Å²) in [6.07, 6.45) is -7.68. The van der Waals surface area contributed by atoms with E-state index >= 15 is 0 Å². The first-order valence-corrected chi connectivity index (χ1v) is 4.18. The Hall–Kier alpha value is -1.64. The van der Waals surface area contributed by atoms with Crippen molar-refractivity contribution in [2.75, 3.05) is 5.73 Å². The van der Waals surface area contributed by atoms with Crippen LogP contribution in [0.1, 0.15) is 17.7 Å². The normalized spacial score (nSPS) is 11.9. The number of pyridine rings is 1. The molecule has 0 aliphatic heterocycles. The number of hydrogen-bond acceptors (Lipinski definition) is 4. The fourth-order valence-electron chi connectivity index (χ4n) is 1.06. The highest BCUT2D eigenvalue weighted by atomic mass is 19.4. The fourth-order valence-corrected chi connectivity index (χ4v) is 1.06. The zero-order chi connectivity index (χ0) is 13.2. The molecule has 0 amide bonds. The zero-order valence-electron chi connectivity index (χ0n) is 8.13.